The molecule has 0 aliphatic carbocycles. The van der Waals surface area contributed by atoms with Crippen molar-refractivity contribution in [3.05, 3.63) is 46.3 Å². The van der Waals surface area contributed by atoms with E-state index in [9.17, 15) is 9.59 Å². The second-order valence-electron chi connectivity index (χ2n) is 3.40. The van der Waals surface area contributed by atoms with E-state index in [1.807, 2.05) is 0 Å². The van der Waals surface area contributed by atoms with Crippen LogP contribution in [0.1, 0.15) is 12.5 Å². The molecule has 0 aliphatic rings. The van der Waals surface area contributed by atoms with Gasteiger partial charge in [0.05, 0.1) is 11.6 Å². The van der Waals surface area contributed by atoms with Crippen LogP contribution in [0.25, 0.3) is 11.0 Å². The Labute approximate surface area is 91.4 Å². The van der Waals surface area contributed by atoms with E-state index in [-0.39, 0.29) is 18.0 Å². The zero-order valence-electron chi connectivity index (χ0n) is 8.73. The largest absolute Gasteiger partial charge is 0.464 e. The highest BCUT2D eigenvalue weighted by Crippen LogP contribution is 2.13. The molecule has 82 valence electrons. The maximum absolute atomic E-state index is 11.4. The Hall–Kier alpha value is -2.10. The van der Waals surface area contributed by atoms with Crippen molar-refractivity contribution in [2.24, 2.45) is 0 Å². The zero-order chi connectivity index (χ0) is 11.5. The van der Waals surface area contributed by atoms with Gasteiger partial charge >= 0.3 is 5.97 Å². The van der Waals surface area contributed by atoms with Gasteiger partial charge in [-0.05, 0) is 17.7 Å². The van der Waals surface area contributed by atoms with Gasteiger partial charge in [-0.15, -0.1) is 0 Å². The molecular formula is C12H10O4. The van der Waals surface area contributed by atoms with E-state index in [4.69, 9.17) is 9.15 Å². The normalized spacial score (nSPS) is 10.3. The molecule has 1 aromatic carbocycles. The third kappa shape index (κ3) is 2.11. The van der Waals surface area contributed by atoms with Crippen molar-refractivity contribution in [1.82, 2.24) is 0 Å². The third-order valence-electron chi connectivity index (χ3n) is 2.17. The van der Waals surface area contributed by atoms with Gasteiger partial charge in [0.15, 0.2) is 5.43 Å². The molecule has 0 unspecified atom stereocenters. The van der Waals surface area contributed by atoms with Crippen LogP contribution in [-0.4, -0.2) is 5.97 Å². The number of benzene rings is 1. The number of hydrogen-bond donors (Lipinski definition) is 0. The molecule has 0 spiro atoms. The SMILES string of the molecule is CC(=O)OCc1ccc2c(=O)ccoc2c1. The van der Waals surface area contributed by atoms with Crippen molar-refractivity contribution in [3.8, 4) is 0 Å². The van der Waals surface area contributed by atoms with Gasteiger partial charge in [-0.1, -0.05) is 6.07 Å². The van der Waals surface area contributed by atoms with E-state index in [2.05, 4.69) is 0 Å². The molecule has 0 saturated heterocycles. The molecule has 0 amide bonds. The average molecular weight is 218 g/mol. The summed E-state index contributed by atoms with van der Waals surface area (Å²) in [5.41, 5.74) is 1.20. The highest BCUT2D eigenvalue weighted by molar-refractivity contribution is 5.76. The number of hydrogen-bond acceptors (Lipinski definition) is 4. The predicted molar refractivity (Wildman–Crippen MR) is 58.0 cm³/mol. The second-order valence-corrected chi connectivity index (χ2v) is 3.40. The maximum Gasteiger partial charge on any atom is 0.302 e. The van der Waals surface area contributed by atoms with Crippen LogP contribution in [0, 0.1) is 0 Å². The highest BCUT2D eigenvalue weighted by atomic mass is 16.5. The molecule has 1 heterocycles. The average Bonchev–Trinajstić information content (AvgIpc) is 2.26. The summed E-state index contributed by atoms with van der Waals surface area (Å²) in [6.45, 7) is 1.53. The highest BCUT2D eigenvalue weighted by Gasteiger charge is 2.02. The quantitative estimate of drug-likeness (QED) is 0.722. The van der Waals surface area contributed by atoms with Crippen LogP contribution in [0.3, 0.4) is 0 Å². The van der Waals surface area contributed by atoms with Crippen LogP contribution in [0.5, 0.6) is 0 Å². The number of esters is 1. The van der Waals surface area contributed by atoms with E-state index in [0.717, 1.165) is 5.56 Å². The molecule has 0 aliphatic heterocycles. The first-order valence-electron chi connectivity index (χ1n) is 4.80. The van der Waals surface area contributed by atoms with E-state index < -0.39 is 0 Å². The lowest BCUT2D eigenvalue weighted by Crippen LogP contribution is -2.01. The van der Waals surface area contributed by atoms with Crippen molar-refractivity contribution in [2.45, 2.75) is 13.5 Å². The molecule has 4 heteroatoms. The van der Waals surface area contributed by atoms with E-state index in [0.29, 0.717) is 11.0 Å². The molecule has 1 aromatic heterocycles. The summed E-state index contributed by atoms with van der Waals surface area (Å²) in [7, 11) is 0. The Morgan fingerprint density at radius 2 is 2.19 bits per heavy atom. The molecule has 4 nitrogen and oxygen atoms in total. The molecule has 16 heavy (non-hydrogen) atoms. The number of carbonyl (C=O) groups excluding carboxylic acids is 1. The standard InChI is InChI=1S/C12H10O4/c1-8(13)16-7-9-2-3-10-11(14)4-5-15-12(10)6-9/h2-6H,7H2,1H3. The number of ether oxygens (including phenoxy) is 1. The minimum atomic E-state index is -0.338. The van der Waals surface area contributed by atoms with Gasteiger partial charge in [0.2, 0.25) is 0 Å². The van der Waals surface area contributed by atoms with Crippen molar-refractivity contribution in [1.29, 1.82) is 0 Å². The summed E-state index contributed by atoms with van der Waals surface area (Å²) in [4.78, 5) is 22.0. The second kappa shape index (κ2) is 4.18. The van der Waals surface area contributed by atoms with E-state index >= 15 is 0 Å². The van der Waals surface area contributed by atoms with Gasteiger partial charge in [0.25, 0.3) is 0 Å². The summed E-state index contributed by atoms with van der Waals surface area (Å²) in [6, 6.07) is 6.47. The Kier molecular flexibility index (Phi) is 2.72. The summed E-state index contributed by atoms with van der Waals surface area (Å²) < 4.78 is 10.0. The fraction of sp³-hybridized carbons (Fsp3) is 0.167. The topological polar surface area (TPSA) is 56.5 Å². The van der Waals surface area contributed by atoms with Crippen LogP contribution in [0.4, 0.5) is 0 Å². The van der Waals surface area contributed by atoms with Gasteiger partial charge in [-0.2, -0.15) is 0 Å². The summed E-state index contributed by atoms with van der Waals surface area (Å²) in [5, 5.41) is 0.522. The minimum Gasteiger partial charge on any atom is -0.464 e. The zero-order valence-corrected chi connectivity index (χ0v) is 8.73. The molecule has 0 N–H and O–H groups in total. The molecule has 2 aromatic rings. The summed E-state index contributed by atoms with van der Waals surface area (Å²) in [6.07, 6.45) is 1.35. The fourth-order valence-corrected chi connectivity index (χ4v) is 1.40. The molecule has 0 atom stereocenters. The lowest BCUT2D eigenvalue weighted by atomic mass is 10.1. The van der Waals surface area contributed by atoms with Crippen LogP contribution in [0.15, 0.2) is 39.7 Å². The first-order valence-corrected chi connectivity index (χ1v) is 4.80. The van der Waals surface area contributed by atoms with Gasteiger partial charge in [-0.25, -0.2) is 0 Å². The maximum atomic E-state index is 11.4. The van der Waals surface area contributed by atoms with Crippen molar-refractivity contribution in [2.75, 3.05) is 0 Å². The van der Waals surface area contributed by atoms with Crippen LogP contribution < -0.4 is 5.43 Å². The van der Waals surface area contributed by atoms with Gasteiger partial charge in [-0.3, -0.25) is 9.59 Å². The van der Waals surface area contributed by atoms with Crippen LogP contribution in [0.2, 0.25) is 0 Å². The van der Waals surface area contributed by atoms with Gasteiger partial charge in [0.1, 0.15) is 12.2 Å². The van der Waals surface area contributed by atoms with Crippen LogP contribution >= 0.6 is 0 Å². The molecular weight excluding hydrogens is 208 g/mol. The minimum absolute atomic E-state index is 0.0831. The third-order valence-corrected chi connectivity index (χ3v) is 2.17. The number of rotatable bonds is 2. The van der Waals surface area contributed by atoms with Crippen molar-refractivity contribution in [3.63, 3.8) is 0 Å². The molecule has 0 saturated carbocycles. The Balaban J connectivity index is 2.37. The summed E-state index contributed by atoms with van der Waals surface area (Å²) in [5.74, 6) is -0.338. The molecule has 0 radical (unpaired) electrons. The molecule has 0 bridgehead atoms. The fourth-order valence-electron chi connectivity index (χ4n) is 1.40. The first-order chi connectivity index (χ1) is 7.66. The molecule has 2 rings (SSSR count). The number of carbonyl (C=O) groups is 1. The summed E-state index contributed by atoms with van der Waals surface area (Å²) >= 11 is 0. The first kappa shape index (κ1) is 10.4. The van der Waals surface area contributed by atoms with Gasteiger partial charge in [0, 0.05) is 13.0 Å². The van der Waals surface area contributed by atoms with Crippen molar-refractivity contribution >= 4 is 16.9 Å². The van der Waals surface area contributed by atoms with E-state index in [1.54, 1.807) is 18.2 Å². The van der Waals surface area contributed by atoms with Crippen molar-refractivity contribution < 1.29 is 13.9 Å². The lowest BCUT2D eigenvalue weighted by molar-refractivity contribution is -0.142. The lowest BCUT2D eigenvalue weighted by Gasteiger charge is -2.02. The van der Waals surface area contributed by atoms with Crippen LogP contribution in [-0.2, 0) is 16.1 Å². The Morgan fingerprint density at radius 3 is 2.94 bits per heavy atom. The van der Waals surface area contributed by atoms with E-state index in [1.165, 1.54) is 19.3 Å². The van der Waals surface area contributed by atoms with Gasteiger partial charge < -0.3 is 9.15 Å². The Bertz CT molecular complexity index is 583. The molecule has 0 fully saturated rings. The number of fused-ring (bicyclic) bond motifs is 1. The monoisotopic (exact) mass is 218 g/mol. The Morgan fingerprint density at radius 1 is 1.38 bits per heavy atom. The predicted octanol–water partition coefficient (Wildman–Crippen LogP) is 1.86. The smallest absolute Gasteiger partial charge is 0.302 e.